The number of halogens is 2. The second-order valence-electron chi connectivity index (χ2n) is 7.89. The lowest BCUT2D eigenvalue weighted by atomic mass is 10.0. The Bertz CT molecular complexity index is 1150. The summed E-state index contributed by atoms with van der Waals surface area (Å²) in [5.74, 6) is -0.282. The van der Waals surface area contributed by atoms with E-state index < -0.39 is 11.9 Å². The number of nitrogens with zero attached hydrogens (tertiary/aromatic N) is 1. The number of nitrogens with one attached hydrogen (secondary N) is 2. The average molecular weight is 543 g/mol. The van der Waals surface area contributed by atoms with Gasteiger partial charge in [-0.15, -0.1) is 0 Å². The van der Waals surface area contributed by atoms with Crippen molar-refractivity contribution in [2.24, 2.45) is 11.0 Å². The van der Waals surface area contributed by atoms with E-state index in [1.165, 1.54) is 6.21 Å². The smallest absolute Gasteiger partial charge is 0.262 e. The third kappa shape index (κ3) is 7.43. The molecule has 8 heteroatoms. The van der Waals surface area contributed by atoms with Crippen molar-refractivity contribution in [1.29, 1.82) is 0 Å². The summed E-state index contributed by atoms with van der Waals surface area (Å²) in [6, 6.07) is 21.0. The van der Waals surface area contributed by atoms with Crippen molar-refractivity contribution < 1.29 is 14.3 Å². The van der Waals surface area contributed by atoms with Gasteiger partial charge in [0.1, 0.15) is 18.4 Å². The van der Waals surface area contributed by atoms with E-state index in [0.29, 0.717) is 28.5 Å². The molecular formula is C26H25BrClN3O3. The Morgan fingerprint density at radius 3 is 2.38 bits per heavy atom. The van der Waals surface area contributed by atoms with Crippen molar-refractivity contribution >= 4 is 45.6 Å². The summed E-state index contributed by atoms with van der Waals surface area (Å²) in [5, 5.41) is 7.38. The molecule has 3 aromatic rings. The van der Waals surface area contributed by atoms with E-state index in [4.69, 9.17) is 16.3 Å². The molecule has 3 aromatic carbocycles. The van der Waals surface area contributed by atoms with Crippen LogP contribution in [0.5, 0.6) is 5.75 Å². The minimum Gasteiger partial charge on any atom is -0.488 e. The van der Waals surface area contributed by atoms with Crippen molar-refractivity contribution in [3.63, 3.8) is 0 Å². The average Bonchev–Trinajstić information content (AvgIpc) is 2.83. The Labute approximate surface area is 212 Å². The van der Waals surface area contributed by atoms with Crippen molar-refractivity contribution in [1.82, 2.24) is 10.7 Å². The predicted molar refractivity (Wildman–Crippen MR) is 138 cm³/mol. The van der Waals surface area contributed by atoms with Gasteiger partial charge in [0.05, 0.1) is 6.21 Å². The number of hydrazone groups is 1. The minimum atomic E-state index is -0.760. The van der Waals surface area contributed by atoms with Gasteiger partial charge >= 0.3 is 0 Å². The number of rotatable bonds is 9. The van der Waals surface area contributed by atoms with Crippen LogP contribution < -0.4 is 15.5 Å². The van der Waals surface area contributed by atoms with Crippen LogP contribution in [0.2, 0.25) is 5.02 Å². The highest BCUT2D eigenvalue weighted by atomic mass is 79.9. The van der Waals surface area contributed by atoms with Gasteiger partial charge in [-0.05, 0) is 60.0 Å². The maximum Gasteiger partial charge on any atom is 0.262 e. The van der Waals surface area contributed by atoms with Gasteiger partial charge in [-0.25, -0.2) is 5.43 Å². The second kappa shape index (κ2) is 12.3. The molecule has 6 nitrogen and oxygen atoms in total. The summed E-state index contributed by atoms with van der Waals surface area (Å²) >= 11 is 9.29. The molecule has 0 aliphatic rings. The zero-order valence-corrected chi connectivity index (χ0v) is 21.1. The molecule has 0 aliphatic heterocycles. The lowest BCUT2D eigenvalue weighted by Crippen LogP contribution is -2.48. The second-order valence-corrected chi connectivity index (χ2v) is 9.24. The first-order valence-electron chi connectivity index (χ1n) is 10.7. The van der Waals surface area contributed by atoms with Crippen LogP contribution in [0, 0.1) is 5.92 Å². The summed E-state index contributed by atoms with van der Waals surface area (Å²) in [6.45, 7) is 4.10. The molecule has 2 amide bonds. The molecule has 0 fully saturated rings. The molecule has 2 N–H and O–H groups in total. The van der Waals surface area contributed by atoms with Gasteiger partial charge in [-0.3, -0.25) is 9.59 Å². The van der Waals surface area contributed by atoms with Crippen LogP contribution in [0.15, 0.2) is 82.4 Å². The number of hydrogen-bond acceptors (Lipinski definition) is 4. The van der Waals surface area contributed by atoms with Crippen molar-refractivity contribution in [2.45, 2.75) is 26.5 Å². The maximum absolute atomic E-state index is 12.7. The first-order valence-corrected chi connectivity index (χ1v) is 11.9. The Kier molecular flexibility index (Phi) is 9.24. The highest BCUT2D eigenvalue weighted by molar-refractivity contribution is 9.10. The van der Waals surface area contributed by atoms with Crippen LogP contribution in [0.1, 0.15) is 35.3 Å². The third-order valence-electron chi connectivity index (χ3n) is 4.95. The lowest BCUT2D eigenvalue weighted by molar-refractivity contribution is -0.123. The molecule has 176 valence electrons. The standard InChI is InChI=1S/C26H25BrClN3O3/c1-17(2)24(30-25(32)19-9-13-22(28)14-10-19)26(33)31-29-15-20-5-3-4-6-23(20)34-16-18-7-11-21(27)12-8-18/h3-15,17,24H,16H2,1-2H3,(H,30,32)(H,31,33)/b29-15+. The van der Waals surface area contributed by atoms with E-state index in [-0.39, 0.29) is 11.8 Å². The molecular weight excluding hydrogens is 518 g/mol. The molecule has 0 aromatic heterocycles. The number of carbonyl (C=O) groups excluding carboxylic acids is 2. The fraction of sp³-hybridized carbons (Fsp3) is 0.192. The number of hydrogen-bond donors (Lipinski definition) is 2. The highest BCUT2D eigenvalue weighted by Crippen LogP contribution is 2.18. The molecule has 0 aliphatic carbocycles. The largest absolute Gasteiger partial charge is 0.488 e. The highest BCUT2D eigenvalue weighted by Gasteiger charge is 2.24. The van der Waals surface area contributed by atoms with E-state index in [1.54, 1.807) is 24.3 Å². The zero-order valence-electron chi connectivity index (χ0n) is 18.8. The molecule has 0 radical (unpaired) electrons. The fourth-order valence-corrected chi connectivity index (χ4v) is 3.45. The van der Waals surface area contributed by atoms with Crippen LogP contribution in [0.4, 0.5) is 0 Å². The van der Waals surface area contributed by atoms with Gasteiger partial charge in [-0.1, -0.05) is 65.6 Å². The van der Waals surface area contributed by atoms with E-state index in [0.717, 1.165) is 10.0 Å². The molecule has 1 atom stereocenters. The topological polar surface area (TPSA) is 79.8 Å². The van der Waals surface area contributed by atoms with Gasteiger partial charge in [0.25, 0.3) is 11.8 Å². The fourth-order valence-electron chi connectivity index (χ4n) is 3.06. The number of amides is 2. The first kappa shape index (κ1) is 25.5. The number of carbonyl (C=O) groups is 2. The maximum atomic E-state index is 12.7. The summed E-state index contributed by atoms with van der Waals surface area (Å²) in [6.07, 6.45) is 1.52. The summed E-state index contributed by atoms with van der Waals surface area (Å²) in [4.78, 5) is 25.3. The van der Waals surface area contributed by atoms with Gasteiger partial charge in [0.2, 0.25) is 0 Å². The monoisotopic (exact) mass is 541 g/mol. The molecule has 3 rings (SSSR count). The minimum absolute atomic E-state index is 0.145. The predicted octanol–water partition coefficient (Wildman–Crippen LogP) is 5.59. The zero-order chi connectivity index (χ0) is 24.5. The van der Waals surface area contributed by atoms with Crippen LogP contribution in [0.3, 0.4) is 0 Å². The number of para-hydroxylation sites is 1. The first-order chi connectivity index (χ1) is 16.3. The van der Waals surface area contributed by atoms with Crippen molar-refractivity contribution in [2.75, 3.05) is 0 Å². The van der Waals surface area contributed by atoms with Gasteiger partial charge in [-0.2, -0.15) is 5.10 Å². The van der Waals surface area contributed by atoms with Crippen molar-refractivity contribution in [3.05, 3.63) is 99.0 Å². The quantitative estimate of drug-likeness (QED) is 0.273. The molecule has 0 spiro atoms. The van der Waals surface area contributed by atoms with Crippen molar-refractivity contribution in [3.8, 4) is 5.75 Å². The van der Waals surface area contributed by atoms with Gasteiger partial charge in [0, 0.05) is 20.6 Å². The summed E-state index contributed by atoms with van der Waals surface area (Å²) in [7, 11) is 0. The molecule has 1 unspecified atom stereocenters. The summed E-state index contributed by atoms with van der Waals surface area (Å²) in [5.41, 5.74) is 4.68. The molecule has 0 saturated carbocycles. The van der Waals surface area contributed by atoms with Crippen LogP contribution in [0.25, 0.3) is 0 Å². The molecule has 0 bridgehead atoms. The Morgan fingerprint density at radius 2 is 1.71 bits per heavy atom. The van der Waals surface area contributed by atoms with Crippen LogP contribution >= 0.6 is 27.5 Å². The normalized spacial score (nSPS) is 11.9. The molecule has 34 heavy (non-hydrogen) atoms. The Morgan fingerprint density at radius 1 is 1.03 bits per heavy atom. The van der Waals surface area contributed by atoms with E-state index in [1.807, 2.05) is 62.4 Å². The van der Waals surface area contributed by atoms with Crippen LogP contribution in [-0.4, -0.2) is 24.1 Å². The molecule has 0 heterocycles. The van der Waals surface area contributed by atoms with Gasteiger partial charge < -0.3 is 10.1 Å². The SMILES string of the molecule is CC(C)C(NC(=O)c1ccc(Cl)cc1)C(=O)N/N=C/c1ccccc1OCc1ccc(Br)cc1. The van der Waals surface area contributed by atoms with E-state index in [2.05, 4.69) is 31.8 Å². The number of benzene rings is 3. The number of ether oxygens (including phenoxy) is 1. The Hall–Kier alpha value is -3.16. The van der Waals surface area contributed by atoms with Crippen LogP contribution in [-0.2, 0) is 11.4 Å². The van der Waals surface area contributed by atoms with E-state index in [9.17, 15) is 9.59 Å². The van der Waals surface area contributed by atoms with E-state index >= 15 is 0 Å². The third-order valence-corrected chi connectivity index (χ3v) is 5.73. The van der Waals surface area contributed by atoms with Gasteiger partial charge in [0.15, 0.2) is 0 Å². The Balaban J connectivity index is 1.61. The summed E-state index contributed by atoms with van der Waals surface area (Å²) < 4.78 is 6.93. The lowest BCUT2D eigenvalue weighted by Gasteiger charge is -2.20. The molecule has 0 saturated heterocycles.